The zero-order valence-corrected chi connectivity index (χ0v) is 17.3. The molecule has 1 saturated carbocycles. The van der Waals surface area contributed by atoms with Crippen molar-refractivity contribution in [3.05, 3.63) is 35.9 Å². The minimum atomic E-state index is -0.0934. The number of nitrogens with one attached hydrogen (secondary N) is 1. The molecular formula is C23H37N3O. The number of urea groups is 1. The van der Waals surface area contributed by atoms with Gasteiger partial charge in [-0.15, -0.1) is 0 Å². The predicted molar refractivity (Wildman–Crippen MR) is 112 cm³/mol. The Labute approximate surface area is 165 Å². The van der Waals surface area contributed by atoms with E-state index in [4.69, 9.17) is 0 Å². The summed E-state index contributed by atoms with van der Waals surface area (Å²) < 4.78 is 0. The van der Waals surface area contributed by atoms with Crippen LogP contribution in [0, 0.1) is 0 Å². The van der Waals surface area contributed by atoms with E-state index in [1.807, 2.05) is 0 Å². The number of piperazine rings is 1. The van der Waals surface area contributed by atoms with Crippen LogP contribution in [0.4, 0.5) is 4.79 Å². The molecule has 1 heterocycles. The summed E-state index contributed by atoms with van der Waals surface area (Å²) in [5, 5.41) is 3.16. The third-order valence-electron chi connectivity index (χ3n) is 6.28. The summed E-state index contributed by atoms with van der Waals surface area (Å²) in [6, 6.07) is 11.4. The molecule has 0 bridgehead atoms. The molecule has 1 aliphatic heterocycles. The second-order valence-corrected chi connectivity index (χ2v) is 8.90. The van der Waals surface area contributed by atoms with Crippen LogP contribution in [0.5, 0.6) is 0 Å². The van der Waals surface area contributed by atoms with Crippen LogP contribution in [-0.4, -0.2) is 53.6 Å². The van der Waals surface area contributed by atoms with Crippen molar-refractivity contribution in [3.63, 3.8) is 0 Å². The van der Waals surface area contributed by atoms with Gasteiger partial charge < -0.3 is 10.2 Å². The SMILES string of the molecule is CC1(C)CN(C2CCCCC2)CCN1C(=O)NCCCCc1ccccc1. The topological polar surface area (TPSA) is 35.6 Å². The summed E-state index contributed by atoms with van der Waals surface area (Å²) in [6.45, 7) is 8.08. The number of aryl methyl sites for hydroxylation is 1. The van der Waals surface area contributed by atoms with E-state index in [-0.39, 0.29) is 11.6 Å². The van der Waals surface area contributed by atoms with Crippen molar-refractivity contribution < 1.29 is 4.79 Å². The Morgan fingerprint density at radius 2 is 1.81 bits per heavy atom. The van der Waals surface area contributed by atoms with Crippen LogP contribution >= 0.6 is 0 Å². The van der Waals surface area contributed by atoms with Gasteiger partial charge in [-0.3, -0.25) is 4.90 Å². The zero-order valence-electron chi connectivity index (χ0n) is 17.3. The summed E-state index contributed by atoms with van der Waals surface area (Å²) >= 11 is 0. The van der Waals surface area contributed by atoms with Crippen molar-refractivity contribution in [2.45, 2.75) is 76.8 Å². The van der Waals surface area contributed by atoms with Gasteiger partial charge in [-0.1, -0.05) is 49.6 Å². The van der Waals surface area contributed by atoms with Gasteiger partial charge in [0.25, 0.3) is 0 Å². The molecule has 150 valence electrons. The third kappa shape index (κ3) is 5.71. The molecule has 1 N–H and O–H groups in total. The van der Waals surface area contributed by atoms with E-state index in [1.54, 1.807) is 0 Å². The summed E-state index contributed by atoms with van der Waals surface area (Å²) in [7, 11) is 0. The summed E-state index contributed by atoms with van der Waals surface area (Å²) in [5.74, 6) is 0. The Kier molecular flexibility index (Phi) is 7.17. The molecule has 3 rings (SSSR count). The number of carbonyl (C=O) groups excluding carboxylic acids is 1. The van der Waals surface area contributed by atoms with Gasteiger partial charge in [-0.05, 0) is 51.5 Å². The average molecular weight is 372 g/mol. The van der Waals surface area contributed by atoms with Gasteiger partial charge >= 0.3 is 6.03 Å². The second-order valence-electron chi connectivity index (χ2n) is 8.90. The Morgan fingerprint density at radius 1 is 1.07 bits per heavy atom. The lowest BCUT2D eigenvalue weighted by Gasteiger charge is -2.49. The van der Waals surface area contributed by atoms with E-state index < -0.39 is 0 Å². The van der Waals surface area contributed by atoms with Crippen molar-refractivity contribution >= 4 is 6.03 Å². The van der Waals surface area contributed by atoms with Crippen LogP contribution in [0.25, 0.3) is 0 Å². The number of unbranched alkanes of at least 4 members (excludes halogenated alkanes) is 1. The van der Waals surface area contributed by atoms with Crippen LogP contribution < -0.4 is 5.32 Å². The maximum atomic E-state index is 12.7. The fourth-order valence-electron chi connectivity index (χ4n) is 4.72. The minimum Gasteiger partial charge on any atom is -0.338 e. The predicted octanol–water partition coefficient (Wildman–Crippen LogP) is 4.45. The van der Waals surface area contributed by atoms with Gasteiger partial charge in [0.15, 0.2) is 0 Å². The first-order chi connectivity index (χ1) is 13.1. The Morgan fingerprint density at radius 3 is 2.52 bits per heavy atom. The van der Waals surface area contributed by atoms with Crippen LogP contribution in [-0.2, 0) is 6.42 Å². The van der Waals surface area contributed by atoms with Gasteiger partial charge in [-0.25, -0.2) is 4.79 Å². The molecule has 0 spiro atoms. The van der Waals surface area contributed by atoms with Crippen molar-refractivity contribution in [1.29, 1.82) is 0 Å². The van der Waals surface area contributed by atoms with Crippen molar-refractivity contribution in [2.24, 2.45) is 0 Å². The molecule has 1 aromatic rings. The molecule has 0 aromatic heterocycles. The average Bonchev–Trinajstić information content (AvgIpc) is 2.68. The molecule has 0 radical (unpaired) electrons. The fraction of sp³-hybridized carbons (Fsp3) is 0.696. The fourth-order valence-corrected chi connectivity index (χ4v) is 4.72. The van der Waals surface area contributed by atoms with E-state index in [2.05, 4.69) is 59.3 Å². The summed E-state index contributed by atoms with van der Waals surface area (Å²) in [5.41, 5.74) is 1.29. The molecule has 1 aliphatic carbocycles. The maximum Gasteiger partial charge on any atom is 0.317 e. The van der Waals surface area contributed by atoms with Crippen molar-refractivity contribution in [2.75, 3.05) is 26.2 Å². The molecule has 2 amide bonds. The van der Waals surface area contributed by atoms with Crippen molar-refractivity contribution in [1.82, 2.24) is 15.1 Å². The van der Waals surface area contributed by atoms with E-state index >= 15 is 0 Å². The van der Waals surface area contributed by atoms with Gasteiger partial charge in [0.2, 0.25) is 0 Å². The van der Waals surface area contributed by atoms with E-state index in [0.29, 0.717) is 0 Å². The Balaban J connectivity index is 1.39. The number of amides is 2. The van der Waals surface area contributed by atoms with Crippen LogP contribution in [0.2, 0.25) is 0 Å². The van der Waals surface area contributed by atoms with Crippen LogP contribution in [0.1, 0.15) is 64.4 Å². The van der Waals surface area contributed by atoms with Gasteiger partial charge in [0.1, 0.15) is 0 Å². The molecule has 0 atom stereocenters. The monoisotopic (exact) mass is 371 g/mol. The lowest BCUT2D eigenvalue weighted by Crippen LogP contribution is -2.64. The summed E-state index contributed by atoms with van der Waals surface area (Å²) in [4.78, 5) is 17.4. The van der Waals surface area contributed by atoms with E-state index in [0.717, 1.165) is 51.5 Å². The lowest BCUT2D eigenvalue weighted by atomic mass is 9.91. The van der Waals surface area contributed by atoms with Gasteiger partial charge in [0, 0.05) is 32.2 Å². The molecule has 1 aromatic carbocycles. The second kappa shape index (κ2) is 9.59. The number of benzene rings is 1. The molecule has 27 heavy (non-hydrogen) atoms. The number of nitrogens with zero attached hydrogens (tertiary/aromatic N) is 2. The van der Waals surface area contributed by atoms with E-state index in [1.165, 1.54) is 37.7 Å². The Hall–Kier alpha value is -1.55. The van der Waals surface area contributed by atoms with E-state index in [9.17, 15) is 4.79 Å². The number of rotatable bonds is 6. The van der Waals surface area contributed by atoms with Gasteiger partial charge in [-0.2, -0.15) is 0 Å². The zero-order chi connectivity index (χ0) is 19.1. The molecule has 4 nitrogen and oxygen atoms in total. The highest BCUT2D eigenvalue weighted by Gasteiger charge is 2.38. The molecular weight excluding hydrogens is 334 g/mol. The maximum absolute atomic E-state index is 12.7. The molecule has 2 fully saturated rings. The molecule has 2 aliphatic rings. The minimum absolute atomic E-state index is 0.0934. The standard InChI is InChI=1S/C23H37N3O/c1-23(2)19-25(21-14-7-4-8-15-21)17-18-26(23)22(27)24-16-10-9-13-20-11-5-3-6-12-20/h3,5-6,11-12,21H,4,7-10,13-19H2,1-2H3,(H,24,27). The normalized spacial score (nSPS) is 21.2. The molecule has 4 heteroatoms. The Bertz CT molecular complexity index is 581. The lowest BCUT2D eigenvalue weighted by molar-refractivity contribution is 0.0155. The third-order valence-corrected chi connectivity index (χ3v) is 6.28. The number of carbonyl (C=O) groups is 1. The van der Waals surface area contributed by atoms with Crippen LogP contribution in [0.15, 0.2) is 30.3 Å². The highest BCUT2D eigenvalue weighted by atomic mass is 16.2. The number of hydrogen-bond acceptors (Lipinski definition) is 2. The van der Waals surface area contributed by atoms with Crippen molar-refractivity contribution in [3.8, 4) is 0 Å². The van der Waals surface area contributed by atoms with Crippen LogP contribution in [0.3, 0.4) is 0 Å². The summed E-state index contributed by atoms with van der Waals surface area (Å²) in [6.07, 6.45) is 10.0. The highest BCUT2D eigenvalue weighted by Crippen LogP contribution is 2.28. The first kappa shape index (κ1) is 20.2. The molecule has 1 saturated heterocycles. The van der Waals surface area contributed by atoms with Gasteiger partial charge in [0.05, 0.1) is 5.54 Å². The quantitative estimate of drug-likeness (QED) is 0.750. The number of hydrogen-bond donors (Lipinski definition) is 1. The smallest absolute Gasteiger partial charge is 0.317 e. The first-order valence-corrected chi connectivity index (χ1v) is 10.9. The first-order valence-electron chi connectivity index (χ1n) is 10.9. The highest BCUT2D eigenvalue weighted by molar-refractivity contribution is 5.75. The molecule has 0 unspecified atom stereocenters. The largest absolute Gasteiger partial charge is 0.338 e.